The average molecular weight is 253 g/mol. The van der Waals surface area contributed by atoms with Crippen LogP contribution in [0.15, 0.2) is 34.1 Å². The lowest BCUT2D eigenvalue weighted by Crippen LogP contribution is -2.02. The van der Waals surface area contributed by atoms with Crippen molar-refractivity contribution in [2.75, 3.05) is 0 Å². The lowest BCUT2D eigenvalue weighted by molar-refractivity contribution is 0.864. The number of nitrogens with zero attached hydrogens (tertiary/aromatic N) is 1. The molecule has 19 heavy (non-hydrogen) atoms. The van der Waals surface area contributed by atoms with Gasteiger partial charge in [0.25, 0.3) is 5.56 Å². The molecule has 2 N–H and O–H groups in total. The fourth-order valence-electron chi connectivity index (χ4n) is 2.31. The Bertz CT molecular complexity index is 719. The Labute approximate surface area is 110 Å². The van der Waals surface area contributed by atoms with E-state index in [1.54, 1.807) is 0 Å². The van der Waals surface area contributed by atoms with Crippen LogP contribution in [0.25, 0.3) is 11.6 Å². The summed E-state index contributed by atoms with van der Waals surface area (Å²) in [6, 6.07) is 7.94. The van der Waals surface area contributed by atoms with E-state index in [-0.39, 0.29) is 5.56 Å². The van der Waals surface area contributed by atoms with Crippen LogP contribution in [-0.2, 0) is 6.42 Å². The van der Waals surface area contributed by atoms with E-state index in [1.807, 2.05) is 36.6 Å². The van der Waals surface area contributed by atoms with Gasteiger partial charge in [-0.2, -0.15) is 0 Å². The molecule has 0 bridgehead atoms. The molecular formula is C15H15N3O. The van der Waals surface area contributed by atoms with Crippen LogP contribution in [0.5, 0.6) is 0 Å². The molecule has 0 atom stereocenters. The van der Waals surface area contributed by atoms with E-state index in [1.165, 1.54) is 0 Å². The van der Waals surface area contributed by atoms with Crippen LogP contribution >= 0.6 is 0 Å². The van der Waals surface area contributed by atoms with Gasteiger partial charge in [0, 0.05) is 23.0 Å². The fraction of sp³-hybridized carbons (Fsp3) is 0.200. The number of hydrogen-bond donors (Lipinski definition) is 2. The minimum Gasteiger partial charge on any atom is -0.302 e. The lowest BCUT2D eigenvalue weighted by atomic mass is 10.0. The Morgan fingerprint density at radius 2 is 2.11 bits per heavy atom. The second-order valence-electron chi connectivity index (χ2n) is 4.60. The van der Waals surface area contributed by atoms with Gasteiger partial charge in [0.05, 0.1) is 11.3 Å². The van der Waals surface area contributed by atoms with Gasteiger partial charge in [-0.05, 0) is 18.6 Å². The summed E-state index contributed by atoms with van der Waals surface area (Å²) in [6.45, 7) is 2.09. The van der Waals surface area contributed by atoms with E-state index in [2.05, 4.69) is 22.1 Å². The maximum absolute atomic E-state index is 11.8. The number of fused-ring (bicyclic) bond motifs is 1. The number of para-hydroxylation sites is 1. The number of benzene rings is 1. The van der Waals surface area contributed by atoms with Gasteiger partial charge in [-0.1, -0.05) is 31.5 Å². The Kier molecular flexibility index (Phi) is 2.91. The highest BCUT2D eigenvalue weighted by molar-refractivity contribution is 6.21. The summed E-state index contributed by atoms with van der Waals surface area (Å²) in [6.07, 6.45) is 5.58. The molecule has 3 rings (SSSR count). The van der Waals surface area contributed by atoms with Crippen molar-refractivity contribution in [2.24, 2.45) is 4.99 Å². The largest absolute Gasteiger partial charge is 0.302 e. The smallest absolute Gasteiger partial charge is 0.271 e. The minimum atomic E-state index is -0.0752. The fourth-order valence-corrected chi connectivity index (χ4v) is 2.31. The molecule has 2 heterocycles. The zero-order valence-corrected chi connectivity index (χ0v) is 10.7. The lowest BCUT2D eigenvalue weighted by Gasteiger charge is -1.99. The van der Waals surface area contributed by atoms with Crippen molar-refractivity contribution in [1.29, 1.82) is 0 Å². The normalized spacial score (nSPS) is 15.1. The van der Waals surface area contributed by atoms with Crippen molar-refractivity contribution in [1.82, 2.24) is 10.2 Å². The molecule has 1 aromatic heterocycles. The van der Waals surface area contributed by atoms with Crippen molar-refractivity contribution < 1.29 is 0 Å². The van der Waals surface area contributed by atoms with E-state index in [0.717, 1.165) is 35.4 Å². The number of nitrogens with one attached hydrogen (secondary N) is 2. The zero-order valence-electron chi connectivity index (χ0n) is 10.7. The van der Waals surface area contributed by atoms with Crippen LogP contribution in [0, 0.1) is 0 Å². The van der Waals surface area contributed by atoms with Gasteiger partial charge in [-0.15, -0.1) is 0 Å². The molecule has 0 unspecified atom stereocenters. The Morgan fingerprint density at radius 3 is 2.95 bits per heavy atom. The summed E-state index contributed by atoms with van der Waals surface area (Å²) < 4.78 is 0. The first-order valence-electron chi connectivity index (χ1n) is 6.44. The van der Waals surface area contributed by atoms with E-state index >= 15 is 0 Å². The number of aryl methyl sites for hydroxylation is 1. The van der Waals surface area contributed by atoms with Gasteiger partial charge in [0.2, 0.25) is 0 Å². The monoisotopic (exact) mass is 253 g/mol. The number of H-pyrrole nitrogens is 2. The van der Waals surface area contributed by atoms with Crippen LogP contribution in [0.1, 0.15) is 30.2 Å². The van der Waals surface area contributed by atoms with E-state index < -0.39 is 0 Å². The number of rotatable bonds is 3. The van der Waals surface area contributed by atoms with Gasteiger partial charge in [0.1, 0.15) is 0 Å². The number of aromatic nitrogens is 2. The molecule has 4 nitrogen and oxygen atoms in total. The van der Waals surface area contributed by atoms with Crippen LogP contribution < -0.4 is 5.56 Å². The third-order valence-electron chi connectivity index (χ3n) is 3.25. The molecule has 96 valence electrons. The standard InChI is InChI=1S/C15H15N3O/c1-2-5-14-12(15(19)18-17-14)8-10-9-16-13-7-4-3-6-11(10)13/h3-4,6-9H,2,5H2,1H3,(H2,17,18,19)/b10-8-. The first-order chi connectivity index (χ1) is 9.29. The molecule has 0 spiro atoms. The molecule has 0 saturated heterocycles. The first kappa shape index (κ1) is 11.7. The number of aromatic amines is 2. The molecule has 1 aliphatic rings. The highest BCUT2D eigenvalue weighted by atomic mass is 16.1. The van der Waals surface area contributed by atoms with Gasteiger partial charge in [-0.3, -0.25) is 14.9 Å². The van der Waals surface area contributed by atoms with Crippen LogP contribution in [0.4, 0.5) is 5.69 Å². The number of aliphatic imine (C=N–C) groups is 1. The highest BCUT2D eigenvalue weighted by Crippen LogP contribution is 2.31. The third kappa shape index (κ3) is 2.05. The molecule has 1 aromatic carbocycles. The predicted molar refractivity (Wildman–Crippen MR) is 77.9 cm³/mol. The molecule has 0 saturated carbocycles. The quantitative estimate of drug-likeness (QED) is 0.868. The summed E-state index contributed by atoms with van der Waals surface area (Å²) in [7, 11) is 0. The van der Waals surface area contributed by atoms with Gasteiger partial charge in [-0.25, -0.2) is 0 Å². The molecule has 2 aromatic rings. The summed E-state index contributed by atoms with van der Waals surface area (Å²) in [4.78, 5) is 16.2. The second-order valence-corrected chi connectivity index (χ2v) is 4.60. The maximum Gasteiger partial charge on any atom is 0.271 e. The van der Waals surface area contributed by atoms with Crippen LogP contribution in [-0.4, -0.2) is 16.4 Å². The summed E-state index contributed by atoms with van der Waals surface area (Å²) in [5, 5.41) is 5.60. The average Bonchev–Trinajstić information content (AvgIpc) is 2.98. The third-order valence-corrected chi connectivity index (χ3v) is 3.25. The van der Waals surface area contributed by atoms with E-state index in [9.17, 15) is 4.79 Å². The number of hydrogen-bond acceptors (Lipinski definition) is 2. The van der Waals surface area contributed by atoms with Crippen molar-refractivity contribution in [3.63, 3.8) is 0 Å². The highest BCUT2D eigenvalue weighted by Gasteiger charge is 2.13. The Balaban J connectivity index is 2.07. The maximum atomic E-state index is 11.8. The van der Waals surface area contributed by atoms with Crippen LogP contribution in [0.3, 0.4) is 0 Å². The van der Waals surface area contributed by atoms with Gasteiger partial charge in [0.15, 0.2) is 0 Å². The zero-order chi connectivity index (χ0) is 13.2. The molecule has 1 aliphatic heterocycles. The van der Waals surface area contributed by atoms with Crippen molar-refractivity contribution in [3.05, 3.63) is 51.4 Å². The van der Waals surface area contributed by atoms with Crippen LogP contribution in [0.2, 0.25) is 0 Å². The molecule has 0 fully saturated rings. The summed E-state index contributed by atoms with van der Waals surface area (Å²) in [5.74, 6) is 0. The molecule has 4 heteroatoms. The molecule has 0 amide bonds. The molecule has 0 radical (unpaired) electrons. The molecule has 0 aliphatic carbocycles. The predicted octanol–water partition coefficient (Wildman–Crippen LogP) is 2.91. The topological polar surface area (TPSA) is 61.0 Å². The minimum absolute atomic E-state index is 0.0752. The van der Waals surface area contributed by atoms with Gasteiger partial charge >= 0.3 is 0 Å². The Morgan fingerprint density at radius 1 is 1.26 bits per heavy atom. The number of allylic oxidation sites excluding steroid dienone is 1. The van der Waals surface area contributed by atoms with E-state index in [0.29, 0.717) is 5.56 Å². The Hall–Kier alpha value is -2.36. The van der Waals surface area contributed by atoms with Gasteiger partial charge < -0.3 is 5.10 Å². The second kappa shape index (κ2) is 4.72. The van der Waals surface area contributed by atoms with E-state index in [4.69, 9.17) is 0 Å². The first-order valence-corrected chi connectivity index (χ1v) is 6.44. The SMILES string of the molecule is CCCc1[nH][nH]c(=O)c1/C=C1/C=Nc2ccccc21. The van der Waals surface area contributed by atoms with Crippen molar-refractivity contribution in [2.45, 2.75) is 19.8 Å². The summed E-state index contributed by atoms with van der Waals surface area (Å²) in [5.41, 5.74) is 4.60. The van der Waals surface area contributed by atoms with Crippen molar-refractivity contribution in [3.8, 4) is 0 Å². The summed E-state index contributed by atoms with van der Waals surface area (Å²) >= 11 is 0. The molecular weight excluding hydrogens is 238 g/mol. The van der Waals surface area contributed by atoms with Crippen molar-refractivity contribution >= 4 is 23.6 Å².